The molecule has 7 heteroatoms. The molecule has 0 aromatic rings. The fourth-order valence-electron chi connectivity index (χ4n) is 0.567. The molecule has 0 spiro atoms. The molecule has 5 nitrogen and oxygen atoms in total. The predicted molar refractivity (Wildman–Crippen MR) is 32.7 cm³/mol. The molecule has 1 N–H and O–H groups in total. The molecule has 69 valence electrons. The minimum atomic E-state index is -7.29. The maximum atomic E-state index is 11.0. The number of halogens is 1. The average Bonchev–Trinajstić information content (AvgIpc) is 1.59. The minimum absolute atomic E-state index is 0.271. The Balaban J connectivity index is 4.88. The zero-order chi connectivity index (χ0) is 9.24. The van der Waals surface area contributed by atoms with Crippen LogP contribution in [0.25, 0.3) is 0 Å². The van der Waals surface area contributed by atoms with E-state index in [0.29, 0.717) is 0 Å². The summed E-state index contributed by atoms with van der Waals surface area (Å²) in [6, 6.07) is 0. The van der Waals surface area contributed by atoms with E-state index in [2.05, 4.69) is 7.32 Å². The van der Waals surface area contributed by atoms with Crippen LogP contribution in [0, 0.1) is 0 Å². The van der Waals surface area contributed by atoms with Gasteiger partial charge in [0.15, 0.2) is 0 Å². The average molecular weight is 226 g/mol. The molecular weight excluding hydrogens is 214 g/mol. The van der Waals surface area contributed by atoms with Gasteiger partial charge in [-0.3, -0.25) is 0 Å². The van der Waals surface area contributed by atoms with Gasteiger partial charge in [-0.05, 0) is 0 Å². The number of hydrogen-bond donors (Lipinski definition) is 1. The van der Waals surface area contributed by atoms with Gasteiger partial charge >= 0.3 is 67.4 Å². The first-order valence-corrected chi connectivity index (χ1v) is 7.92. The topological polar surface area (TPSA) is 72.8 Å². The van der Waals surface area contributed by atoms with Crippen molar-refractivity contribution in [2.24, 2.45) is 0 Å². The van der Waals surface area contributed by atoms with E-state index in [9.17, 15) is 7.35 Å². The van der Waals surface area contributed by atoms with Crippen LogP contribution in [0.5, 0.6) is 0 Å². The molecule has 0 aliphatic rings. The first-order valence-electron chi connectivity index (χ1n) is 3.09. The van der Waals surface area contributed by atoms with Crippen LogP contribution in [0.4, 0.5) is 0 Å². The summed E-state index contributed by atoms with van der Waals surface area (Å²) in [5.74, 6) is 0. The maximum absolute atomic E-state index is 11.0. The normalized spacial score (nSPS) is 18.9. The van der Waals surface area contributed by atoms with Gasteiger partial charge in [0.25, 0.3) is 0 Å². The fourth-order valence-corrected chi connectivity index (χ4v) is 3.14. The van der Waals surface area contributed by atoms with Crippen LogP contribution in [-0.2, 0) is 26.4 Å². The van der Waals surface area contributed by atoms with Crippen molar-refractivity contribution in [2.45, 2.75) is 13.8 Å². The number of rotatable bonds is 4. The molecule has 0 aromatic heterocycles. The van der Waals surface area contributed by atoms with Crippen LogP contribution < -0.4 is 0 Å². The second-order valence-electron chi connectivity index (χ2n) is 1.96. The predicted octanol–water partition coefficient (Wildman–Crippen LogP) is 0.867. The van der Waals surface area contributed by atoms with Crippen molar-refractivity contribution in [3.63, 3.8) is 0 Å². The quantitative estimate of drug-likeness (QED) is 0.768. The molecule has 0 rings (SSSR count). The van der Waals surface area contributed by atoms with Crippen LogP contribution in [0.1, 0.15) is 13.8 Å². The van der Waals surface area contributed by atoms with Crippen molar-refractivity contribution in [3.8, 4) is 0 Å². The fraction of sp³-hybridized carbons (Fsp3) is 1.00. The molecule has 0 aliphatic carbocycles. The first-order chi connectivity index (χ1) is 4.62. The van der Waals surface area contributed by atoms with E-state index in [1.54, 1.807) is 0 Å². The molecule has 0 aromatic carbocycles. The summed E-state index contributed by atoms with van der Waals surface area (Å²) in [6.07, 6.45) is 0. The molecular formula is C4H11ClO5V. The second kappa shape index (κ2) is 2.42. The van der Waals surface area contributed by atoms with Crippen molar-refractivity contribution < 1.29 is 30.5 Å². The summed E-state index contributed by atoms with van der Waals surface area (Å²) in [7, 11) is 4.82. The van der Waals surface area contributed by atoms with Crippen molar-refractivity contribution in [1.82, 2.24) is 0 Å². The van der Waals surface area contributed by atoms with Gasteiger partial charge in [0.05, 0.1) is 0 Å². The van der Waals surface area contributed by atoms with E-state index in [1.807, 2.05) is 0 Å². The molecule has 0 saturated heterocycles. The molecule has 0 radical (unpaired) electrons. The van der Waals surface area contributed by atoms with Gasteiger partial charge in [-0.25, -0.2) is 0 Å². The monoisotopic (exact) mass is 225 g/mol. The van der Waals surface area contributed by atoms with Crippen LogP contribution >= 0.6 is 9.85 Å². The zero-order valence-electron chi connectivity index (χ0n) is 6.32. The van der Waals surface area contributed by atoms with E-state index in [4.69, 9.17) is 13.9 Å². The Morgan fingerprint density at radius 2 is 1.55 bits per heavy atom. The molecule has 0 heterocycles. The Morgan fingerprint density at radius 3 is 1.73 bits per heavy atom. The molecule has 0 fully saturated rings. The molecule has 0 bridgehead atoms. The third-order valence-corrected chi connectivity index (χ3v) is 4.05. The molecule has 11 heavy (non-hydrogen) atoms. The van der Waals surface area contributed by atoms with E-state index < -0.39 is 11.7 Å². The van der Waals surface area contributed by atoms with E-state index in [1.165, 1.54) is 13.8 Å². The first kappa shape index (κ1) is 11.4. The molecule has 0 amide bonds. The van der Waals surface area contributed by atoms with Gasteiger partial charge in [-0.2, -0.15) is 0 Å². The third kappa shape index (κ3) is 4.73. The van der Waals surface area contributed by atoms with Crippen molar-refractivity contribution in [3.05, 3.63) is 0 Å². The summed E-state index contributed by atoms with van der Waals surface area (Å²) in [4.78, 5) is 0. The Morgan fingerprint density at radius 1 is 1.27 bits per heavy atom. The Labute approximate surface area is 67.7 Å². The third-order valence-electron chi connectivity index (χ3n) is 0.787. The van der Waals surface area contributed by atoms with Gasteiger partial charge in [-0.15, -0.1) is 0 Å². The molecule has 0 saturated carbocycles. The Kier molecular flexibility index (Phi) is 2.50. The van der Waals surface area contributed by atoms with Crippen LogP contribution in [0.2, 0.25) is 0 Å². The van der Waals surface area contributed by atoms with Crippen LogP contribution in [0.3, 0.4) is 0 Å². The van der Waals surface area contributed by atoms with Gasteiger partial charge in [-0.1, -0.05) is 0 Å². The number of hydrogen-bond acceptors (Lipinski definition) is 4. The van der Waals surface area contributed by atoms with Gasteiger partial charge in [0.1, 0.15) is 0 Å². The van der Waals surface area contributed by atoms with Gasteiger partial charge in [0, 0.05) is 0 Å². The van der Waals surface area contributed by atoms with Gasteiger partial charge < -0.3 is 0 Å². The van der Waals surface area contributed by atoms with E-state index >= 15 is 0 Å². The van der Waals surface area contributed by atoms with E-state index in [-0.39, 0.29) is 13.2 Å². The summed E-state index contributed by atoms with van der Waals surface area (Å²) in [6.45, 7) is 2.20. The zero-order valence-corrected chi connectivity index (χ0v) is 8.47. The second-order valence-corrected chi connectivity index (χ2v) is 9.18. The summed E-state index contributed by atoms with van der Waals surface area (Å²) in [5.41, 5.74) is 0. The summed E-state index contributed by atoms with van der Waals surface area (Å²) in [5, 5.41) is 0. The van der Waals surface area contributed by atoms with E-state index in [0.717, 1.165) is 0 Å². The summed E-state index contributed by atoms with van der Waals surface area (Å²) >= 11 is -7.29. The van der Waals surface area contributed by atoms with Crippen molar-refractivity contribution in [1.29, 1.82) is 0 Å². The Hall–Kier alpha value is 0.354. The van der Waals surface area contributed by atoms with Gasteiger partial charge in [0.2, 0.25) is 0 Å². The molecule has 0 aliphatic heterocycles. The summed E-state index contributed by atoms with van der Waals surface area (Å²) < 4.78 is 38.8. The molecule has 0 unspecified atom stereocenters. The van der Waals surface area contributed by atoms with Crippen molar-refractivity contribution >= 4 is 9.85 Å². The standard InChI is InChI=1S/2C2H5O.ClH.H2O.2O.V/c2*1-2-3;;;;;/h2*2H2,1H3;1H;1H2;;;/q2*-1;;;;;+4/p-2. The molecule has 0 atom stereocenters. The SMILES string of the molecule is CC[O][V](=[O])(=[O])([OH])([Cl])[O]CC. The van der Waals surface area contributed by atoms with Crippen LogP contribution in [-0.4, -0.2) is 17.2 Å². The van der Waals surface area contributed by atoms with Crippen molar-refractivity contribution in [2.75, 3.05) is 13.2 Å². The van der Waals surface area contributed by atoms with Crippen LogP contribution in [0.15, 0.2) is 0 Å². The Bertz CT molecular complexity index is 268.